The van der Waals surface area contributed by atoms with Gasteiger partial charge in [-0.15, -0.1) is 0 Å². The SMILES string of the molecule is CC(C)C(C)(N)C(C)C.CS(=O)(=O)O. The molecule has 0 bridgehead atoms. The van der Waals surface area contributed by atoms with Crippen molar-refractivity contribution in [1.29, 1.82) is 0 Å². The average molecular weight is 225 g/mol. The van der Waals surface area contributed by atoms with E-state index in [0.717, 1.165) is 0 Å². The minimum atomic E-state index is -3.67. The van der Waals surface area contributed by atoms with Crippen LogP contribution in [0.5, 0.6) is 0 Å². The molecule has 0 saturated heterocycles. The van der Waals surface area contributed by atoms with Crippen LogP contribution in [0.15, 0.2) is 0 Å². The van der Waals surface area contributed by atoms with Gasteiger partial charge < -0.3 is 5.73 Å². The number of hydrogen-bond donors (Lipinski definition) is 2. The number of hydrogen-bond acceptors (Lipinski definition) is 3. The van der Waals surface area contributed by atoms with Crippen LogP contribution in [0.2, 0.25) is 0 Å². The Balaban J connectivity index is 0. The summed E-state index contributed by atoms with van der Waals surface area (Å²) in [4.78, 5) is 0. The van der Waals surface area contributed by atoms with Gasteiger partial charge in [0, 0.05) is 5.54 Å². The van der Waals surface area contributed by atoms with Gasteiger partial charge in [0.15, 0.2) is 0 Å². The Hall–Kier alpha value is -0.130. The molecular formula is C9H23NO3S. The molecule has 3 N–H and O–H groups in total. The molecule has 88 valence electrons. The van der Waals surface area contributed by atoms with Gasteiger partial charge in [0.2, 0.25) is 0 Å². The minimum Gasteiger partial charge on any atom is -0.325 e. The highest BCUT2D eigenvalue weighted by molar-refractivity contribution is 7.85. The molecule has 14 heavy (non-hydrogen) atoms. The van der Waals surface area contributed by atoms with Crippen LogP contribution >= 0.6 is 0 Å². The van der Waals surface area contributed by atoms with E-state index in [1.165, 1.54) is 0 Å². The lowest BCUT2D eigenvalue weighted by molar-refractivity contribution is 0.250. The molecule has 0 spiro atoms. The van der Waals surface area contributed by atoms with E-state index in [1.807, 2.05) is 0 Å². The molecule has 0 aromatic heterocycles. The molecule has 0 aliphatic heterocycles. The highest BCUT2D eigenvalue weighted by Crippen LogP contribution is 2.21. The fourth-order valence-electron chi connectivity index (χ4n) is 0.667. The van der Waals surface area contributed by atoms with Crippen molar-refractivity contribution in [3.05, 3.63) is 0 Å². The Labute approximate surface area is 87.6 Å². The van der Waals surface area contributed by atoms with Crippen molar-refractivity contribution in [2.45, 2.75) is 40.2 Å². The molecule has 0 heterocycles. The minimum absolute atomic E-state index is 0.000000000000000222. The molecule has 0 amide bonds. The predicted molar refractivity (Wildman–Crippen MR) is 59.7 cm³/mol. The van der Waals surface area contributed by atoms with E-state index in [2.05, 4.69) is 34.6 Å². The highest BCUT2D eigenvalue weighted by atomic mass is 32.2. The molecule has 5 heteroatoms. The summed E-state index contributed by atoms with van der Waals surface area (Å²) in [6.07, 6.45) is 0.715. The molecular weight excluding hydrogens is 202 g/mol. The standard InChI is InChI=1S/C8H19N.CH4O3S/c1-6(2)8(5,9)7(3)4;1-5(2,3)4/h6-7H,9H2,1-5H3;1H3,(H,2,3,4). The lowest BCUT2D eigenvalue weighted by Crippen LogP contribution is -2.46. The van der Waals surface area contributed by atoms with Gasteiger partial charge in [-0.1, -0.05) is 27.7 Å². The van der Waals surface area contributed by atoms with Gasteiger partial charge in [0.1, 0.15) is 0 Å². The second kappa shape index (κ2) is 5.68. The van der Waals surface area contributed by atoms with E-state index in [9.17, 15) is 8.42 Å². The summed E-state index contributed by atoms with van der Waals surface area (Å²) in [5.74, 6) is 1.13. The summed E-state index contributed by atoms with van der Waals surface area (Å²) in [5, 5.41) is 0. The number of rotatable bonds is 2. The van der Waals surface area contributed by atoms with E-state index in [0.29, 0.717) is 18.1 Å². The quantitative estimate of drug-likeness (QED) is 0.698. The fraction of sp³-hybridized carbons (Fsp3) is 1.00. The molecule has 0 saturated carbocycles. The van der Waals surface area contributed by atoms with Crippen molar-refractivity contribution >= 4 is 10.1 Å². The predicted octanol–water partition coefficient (Wildman–Crippen LogP) is 1.52. The first kappa shape index (κ1) is 16.3. The van der Waals surface area contributed by atoms with E-state index >= 15 is 0 Å². The molecule has 0 aliphatic carbocycles. The maximum absolute atomic E-state index is 9.19. The molecule has 0 aliphatic rings. The summed E-state index contributed by atoms with van der Waals surface area (Å²) in [6.45, 7) is 10.8. The smallest absolute Gasteiger partial charge is 0.261 e. The van der Waals surface area contributed by atoms with Gasteiger partial charge in [0.05, 0.1) is 6.26 Å². The topological polar surface area (TPSA) is 80.4 Å². The van der Waals surface area contributed by atoms with Crippen LogP contribution in [0.1, 0.15) is 34.6 Å². The lowest BCUT2D eigenvalue weighted by Gasteiger charge is -2.33. The van der Waals surface area contributed by atoms with Crippen molar-refractivity contribution in [3.8, 4) is 0 Å². The van der Waals surface area contributed by atoms with Crippen molar-refractivity contribution in [3.63, 3.8) is 0 Å². The van der Waals surface area contributed by atoms with Gasteiger partial charge in [-0.3, -0.25) is 4.55 Å². The van der Waals surface area contributed by atoms with Crippen LogP contribution in [0.3, 0.4) is 0 Å². The summed E-state index contributed by atoms with van der Waals surface area (Å²) in [5.41, 5.74) is 6.00. The molecule has 0 atom stereocenters. The van der Waals surface area contributed by atoms with E-state index in [1.54, 1.807) is 0 Å². The van der Waals surface area contributed by atoms with Crippen molar-refractivity contribution < 1.29 is 13.0 Å². The number of nitrogens with two attached hydrogens (primary N) is 1. The van der Waals surface area contributed by atoms with Gasteiger partial charge >= 0.3 is 0 Å². The van der Waals surface area contributed by atoms with Crippen LogP contribution in [-0.4, -0.2) is 24.8 Å². The molecule has 0 fully saturated rings. The maximum Gasteiger partial charge on any atom is 0.261 e. The van der Waals surface area contributed by atoms with Crippen LogP contribution in [0, 0.1) is 11.8 Å². The van der Waals surface area contributed by atoms with Crippen LogP contribution in [0.25, 0.3) is 0 Å². The second-order valence-corrected chi connectivity index (χ2v) is 5.87. The monoisotopic (exact) mass is 225 g/mol. The molecule has 0 aromatic rings. The maximum atomic E-state index is 9.19. The average Bonchev–Trinajstić information content (AvgIpc) is 1.82. The van der Waals surface area contributed by atoms with Gasteiger partial charge in [0.25, 0.3) is 10.1 Å². The Kier molecular flexibility index (Phi) is 6.61. The first-order chi connectivity index (χ1) is 5.89. The summed E-state index contributed by atoms with van der Waals surface area (Å²) in [6, 6.07) is 0. The second-order valence-electron chi connectivity index (χ2n) is 4.41. The van der Waals surface area contributed by atoms with E-state index < -0.39 is 10.1 Å². The Morgan fingerprint density at radius 2 is 1.29 bits per heavy atom. The highest BCUT2D eigenvalue weighted by Gasteiger charge is 2.26. The first-order valence-electron chi connectivity index (χ1n) is 4.60. The van der Waals surface area contributed by atoms with Crippen LogP contribution in [0.4, 0.5) is 0 Å². The summed E-state index contributed by atoms with van der Waals surface area (Å²) in [7, 11) is -3.67. The van der Waals surface area contributed by atoms with Gasteiger partial charge in [-0.05, 0) is 18.8 Å². The third kappa shape index (κ3) is 9.95. The molecule has 0 rings (SSSR count). The summed E-state index contributed by atoms with van der Waals surface area (Å²) >= 11 is 0. The third-order valence-electron chi connectivity index (χ3n) is 2.49. The zero-order chi connectivity index (χ0) is 12.2. The molecule has 0 aromatic carbocycles. The Morgan fingerprint density at radius 1 is 1.14 bits per heavy atom. The molecule has 0 radical (unpaired) electrons. The van der Waals surface area contributed by atoms with Crippen molar-refractivity contribution in [2.24, 2.45) is 17.6 Å². The van der Waals surface area contributed by atoms with E-state index in [4.69, 9.17) is 10.3 Å². The normalized spacial score (nSPS) is 12.7. The van der Waals surface area contributed by atoms with Crippen LogP contribution < -0.4 is 5.73 Å². The van der Waals surface area contributed by atoms with Gasteiger partial charge in [-0.2, -0.15) is 8.42 Å². The Morgan fingerprint density at radius 3 is 1.29 bits per heavy atom. The zero-order valence-electron chi connectivity index (χ0n) is 9.90. The first-order valence-corrected chi connectivity index (χ1v) is 6.45. The van der Waals surface area contributed by atoms with Gasteiger partial charge in [-0.25, -0.2) is 0 Å². The molecule has 4 nitrogen and oxygen atoms in total. The van der Waals surface area contributed by atoms with Crippen molar-refractivity contribution in [2.75, 3.05) is 6.26 Å². The third-order valence-corrected chi connectivity index (χ3v) is 2.49. The summed E-state index contributed by atoms with van der Waals surface area (Å²) < 4.78 is 25.9. The van der Waals surface area contributed by atoms with Crippen LogP contribution in [-0.2, 0) is 10.1 Å². The zero-order valence-corrected chi connectivity index (χ0v) is 10.7. The van der Waals surface area contributed by atoms with Crippen molar-refractivity contribution in [1.82, 2.24) is 0 Å². The van der Waals surface area contributed by atoms with E-state index in [-0.39, 0.29) is 5.54 Å². The molecule has 0 unspecified atom stereocenters. The lowest BCUT2D eigenvalue weighted by atomic mass is 9.80. The largest absolute Gasteiger partial charge is 0.325 e. The fourth-order valence-corrected chi connectivity index (χ4v) is 0.667. The Bertz CT molecular complexity index is 225.